The van der Waals surface area contributed by atoms with Crippen molar-refractivity contribution < 1.29 is 18.8 Å². The lowest BCUT2D eigenvalue weighted by molar-refractivity contribution is -0.127. The molecule has 1 aromatic carbocycles. The maximum absolute atomic E-state index is 12.2. The number of amides is 1. The van der Waals surface area contributed by atoms with Crippen molar-refractivity contribution in [1.29, 1.82) is 0 Å². The molecule has 0 aliphatic carbocycles. The standard InChI is InChI=1S/C17H17N3O4S/c1-11(23-13-6-3-5-12(9-13)22-2)17(21)18-10-15-19-16(20-24-15)14-7-4-8-25-14/h3-9,11H,10H2,1-2H3,(H,18,21)/t11-/m0/s1. The molecule has 0 spiro atoms. The number of carbonyl (C=O) groups is 1. The van der Waals surface area contributed by atoms with Gasteiger partial charge in [-0.2, -0.15) is 4.98 Å². The number of methoxy groups -OCH3 is 1. The number of benzene rings is 1. The van der Waals surface area contributed by atoms with Crippen molar-refractivity contribution in [1.82, 2.24) is 15.5 Å². The minimum absolute atomic E-state index is 0.142. The molecule has 0 saturated carbocycles. The van der Waals surface area contributed by atoms with Gasteiger partial charge in [-0.15, -0.1) is 11.3 Å². The molecule has 0 aliphatic heterocycles. The number of carbonyl (C=O) groups excluding carboxylic acids is 1. The van der Waals surface area contributed by atoms with Crippen LogP contribution >= 0.6 is 11.3 Å². The summed E-state index contributed by atoms with van der Waals surface area (Å²) < 4.78 is 15.9. The van der Waals surface area contributed by atoms with Crippen LogP contribution in [0.4, 0.5) is 0 Å². The number of rotatable bonds is 7. The number of hydrogen-bond acceptors (Lipinski definition) is 7. The Hall–Kier alpha value is -2.87. The first kappa shape index (κ1) is 17.0. The number of hydrogen-bond donors (Lipinski definition) is 1. The summed E-state index contributed by atoms with van der Waals surface area (Å²) in [4.78, 5) is 17.3. The van der Waals surface area contributed by atoms with Crippen molar-refractivity contribution >= 4 is 17.2 Å². The molecule has 0 aliphatic rings. The molecule has 1 amide bonds. The quantitative estimate of drug-likeness (QED) is 0.698. The fraction of sp³-hybridized carbons (Fsp3) is 0.235. The van der Waals surface area contributed by atoms with Gasteiger partial charge in [0.1, 0.15) is 11.5 Å². The van der Waals surface area contributed by atoms with E-state index in [-0.39, 0.29) is 12.5 Å². The average molecular weight is 359 g/mol. The second-order valence-electron chi connectivity index (χ2n) is 5.15. The van der Waals surface area contributed by atoms with Gasteiger partial charge in [0.25, 0.3) is 5.91 Å². The smallest absolute Gasteiger partial charge is 0.261 e. The maximum atomic E-state index is 12.2. The molecule has 0 fully saturated rings. The van der Waals surface area contributed by atoms with Gasteiger partial charge in [0.05, 0.1) is 18.5 Å². The second kappa shape index (κ2) is 7.80. The van der Waals surface area contributed by atoms with Gasteiger partial charge in [-0.05, 0) is 30.5 Å². The van der Waals surface area contributed by atoms with E-state index >= 15 is 0 Å². The van der Waals surface area contributed by atoms with Gasteiger partial charge < -0.3 is 19.3 Å². The SMILES string of the molecule is COc1cccc(O[C@@H](C)C(=O)NCc2nc(-c3cccs3)no2)c1. The Morgan fingerprint density at radius 1 is 1.32 bits per heavy atom. The fourth-order valence-electron chi connectivity index (χ4n) is 2.07. The topological polar surface area (TPSA) is 86.5 Å². The minimum Gasteiger partial charge on any atom is -0.497 e. The number of ether oxygens (including phenoxy) is 2. The van der Waals surface area contributed by atoms with E-state index in [9.17, 15) is 4.79 Å². The molecule has 0 unspecified atom stereocenters. The van der Waals surface area contributed by atoms with Crippen molar-refractivity contribution in [2.75, 3.05) is 7.11 Å². The lowest BCUT2D eigenvalue weighted by Crippen LogP contribution is -2.36. The monoisotopic (exact) mass is 359 g/mol. The van der Waals surface area contributed by atoms with E-state index in [1.165, 1.54) is 11.3 Å². The van der Waals surface area contributed by atoms with Crippen LogP contribution in [0.3, 0.4) is 0 Å². The molecule has 1 N–H and O–H groups in total. The van der Waals surface area contributed by atoms with E-state index in [1.807, 2.05) is 17.5 Å². The largest absolute Gasteiger partial charge is 0.497 e. The Bertz CT molecular complexity index is 832. The van der Waals surface area contributed by atoms with Crippen molar-refractivity contribution in [2.45, 2.75) is 19.6 Å². The predicted molar refractivity (Wildman–Crippen MR) is 92.5 cm³/mol. The van der Waals surface area contributed by atoms with Crippen LogP contribution in [-0.2, 0) is 11.3 Å². The summed E-state index contributed by atoms with van der Waals surface area (Å²) in [6, 6.07) is 10.9. The zero-order valence-electron chi connectivity index (χ0n) is 13.8. The Labute approximate surface area is 148 Å². The molecule has 0 bridgehead atoms. The highest BCUT2D eigenvalue weighted by Crippen LogP contribution is 2.21. The molecular formula is C17H17N3O4S. The van der Waals surface area contributed by atoms with E-state index < -0.39 is 6.10 Å². The molecule has 3 rings (SSSR count). The van der Waals surface area contributed by atoms with Crippen molar-refractivity contribution in [2.24, 2.45) is 0 Å². The third kappa shape index (κ3) is 4.36. The summed E-state index contributed by atoms with van der Waals surface area (Å²) in [6.45, 7) is 1.81. The predicted octanol–water partition coefficient (Wildman–Crippen LogP) is 2.89. The molecule has 3 aromatic rings. The molecule has 2 heterocycles. The van der Waals surface area contributed by atoms with Gasteiger partial charge in [-0.3, -0.25) is 4.79 Å². The van der Waals surface area contributed by atoms with Gasteiger partial charge in [0, 0.05) is 6.07 Å². The minimum atomic E-state index is -0.674. The maximum Gasteiger partial charge on any atom is 0.261 e. The molecule has 1 atom stereocenters. The van der Waals surface area contributed by atoms with Crippen LogP contribution in [0.25, 0.3) is 10.7 Å². The average Bonchev–Trinajstić information content (AvgIpc) is 3.31. The first-order valence-electron chi connectivity index (χ1n) is 7.60. The summed E-state index contributed by atoms with van der Waals surface area (Å²) in [5.41, 5.74) is 0. The van der Waals surface area contributed by atoms with Crippen LogP contribution < -0.4 is 14.8 Å². The number of aromatic nitrogens is 2. The second-order valence-corrected chi connectivity index (χ2v) is 6.09. The van der Waals surface area contributed by atoms with E-state index in [2.05, 4.69) is 15.5 Å². The van der Waals surface area contributed by atoms with E-state index in [4.69, 9.17) is 14.0 Å². The van der Waals surface area contributed by atoms with Gasteiger partial charge in [0.15, 0.2) is 6.10 Å². The molecule has 2 aromatic heterocycles. The zero-order chi connectivity index (χ0) is 17.6. The summed E-state index contributed by atoms with van der Waals surface area (Å²) in [5, 5.41) is 8.55. The highest BCUT2D eigenvalue weighted by atomic mass is 32.1. The Kier molecular flexibility index (Phi) is 5.30. The van der Waals surface area contributed by atoms with Gasteiger partial charge in [-0.1, -0.05) is 17.3 Å². The highest BCUT2D eigenvalue weighted by Gasteiger charge is 2.16. The van der Waals surface area contributed by atoms with Gasteiger partial charge in [-0.25, -0.2) is 0 Å². The van der Waals surface area contributed by atoms with Crippen LogP contribution in [-0.4, -0.2) is 29.3 Å². The lowest BCUT2D eigenvalue weighted by atomic mass is 10.3. The fourth-order valence-corrected chi connectivity index (χ4v) is 2.72. The molecular weight excluding hydrogens is 342 g/mol. The molecule has 25 heavy (non-hydrogen) atoms. The molecule has 0 radical (unpaired) electrons. The Morgan fingerprint density at radius 3 is 2.92 bits per heavy atom. The van der Waals surface area contributed by atoms with Crippen molar-refractivity contribution in [3.05, 3.63) is 47.7 Å². The number of thiophene rings is 1. The Morgan fingerprint density at radius 2 is 2.16 bits per heavy atom. The number of nitrogens with zero attached hydrogens (tertiary/aromatic N) is 2. The van der Waals surface area contributed by atoms with Crippen LogP contribution in [0.5, 0.6) is 11.5 Å². The van der Waals surface area contributed by atoms with Crippen molar-refractivity contribution in [3.63, 3.8) is 0 Å². The van der Waals surface area contributed by atoms with Gasteiger partial charge >= 0.3 is 0 Å². The molecule has 130 valence electrons. The first-order chi connectivity index (χ1) is 12.2. The summed E-state index contributed by atoms with van der Waals surface area (Å²) in [6.07, 6.45) is -0.674. The van der Waals surface area contributed by atoms with Crippen LogP contribution in [0, 0.1) is 0 Å². The third-order valence-electron chi connectivity index (χ3n) is 3.35. The van der Waals surface area contributed by atoms with Crippen LogP contribution in [0.15, 0.2) is 46.3 Å². The third-order valence-corrected chi connectivity index (χ3v) is 4.21. The summed E-state index contributed by atoms with van der Waals surface area (Å²) in [7, 11) is 1.57. The Balaban J connectivity index is 1.53. The van der Waals surface area contributed by atoms with E-state index in [0.29, 0.717) is 23.2 Å². The molecule has 0 saturated heterocycles. The highest BCUT2D eigenvalue weighted by molar-refractivity contribution is 7.13. The molecule has 7 nitrogen and oxygen atoms in total. The van der Waals surface area contributed by atoms with E-state index in [1.54, 1.807) is 38.3 Å². The van der Waals surface area contributed by atoms with E-state index in [0.717, 1.165) is 4.88 Å². The summed E-state index contributed by atoms with van der Waals surface area (Å²) in [5.74, 6) is 1.79. The normalized spacial score (nSPS) is 11.8. The molecule has 8 heteroatoms. The zero-order valence-corrected chi connectivity index (χ0v) is 14.6. The summed E-state index contributed by atoms with van der Waals surface area (Å²) >= 11 is 1.52. The van der Waals surface area contributed by atoms with Gasteiger partial charge in [0.2, 0.25) is 11.7 Å². The van der Waals surface area contributed by atoms with Crippen molar-refractivity contribution in [3.8, 4) is 22.2 Å². The lowest BCUT2D eigenvalue weighted by Gasteiger charge is -2.14. The first-order valence-corrected chi connectivity index (χ1v) is 8.48. The van der Waals surface area contributed by atoms with Crippen LogP contribution in [0.1, 0.15) is 12.8 Å². The number of nitrogens with one attached hydrogen (secondary N) is 1. The van der Waals surface area contributed by atoms with Crippen LogP contribution in [0.2, 0.25) is 0 Å².